The normalized spacial score (nSPS) is 14.0. The van der Waals surface area contributed by atoms with E-state index in [0.717, 1.165) is 22.3 Å². The fourth-order valence-electron chi connectivity index (χ4n) is 2.78. The molecular weight excluding hydrogens is 370 g/mol. The smallest absolute Gasteiger partial charge is 0.458 e. The molecule has 26 heavy (non-hydrogen) atoms. The van der Waals surface area contributed by atoms with Crippen LogP contribution in [-0.2, 0) is 24.4 Å². The lowest BCUT2D eigenvalue weighted by atomic mass is 10.1. The van der Waals surface area contributed by atoms with Crippen LogP contribution in [0.15, 0.2) is 48.5 Å². The Kier molecular flexibility index (Phi) is 4.78. The average Bonchev–Trinajstić information content (AvgIpc) is 2.92. The van der Waals surface area contributed by atoms with Crippen molar-refractivity contribution >= 4 is 16.1 Å². The number of hydrogen-bond donors (Lipinski definition) is 1. The number of carbonyl (C=O) groups excluding carboxylic acids is 1. The first-order valence-corrected chi connectivity index (χ1v) is 8.99. The zero-order valence-electron chi connectivity index (χ0n) is 13.3. The lowest BCUT2D eigenvalue weighted by Gasteiger charge is -2.16. The number of rotatable bonds is 6. The van der Waals surface area contributed by atoms with Crippen LogP contribution in [0.5, 0.6) is 0 Å². The summed E-state index contributed by atoms with van der Waals surface area (Å²) in [5, 5.41) is -5.01. The zero-order chi connectivity index (χ0) is 18.9. The molecule has 1 aliphatic carbocycles. The highest BCUT2D eigenvalue weighted by molar-refractivity contribution is 7.87. The zero-order valence-corrected chi connectivity index (χ0v) is 14.1. The summed E-state index contributed by atoms with van der Waals surface area (Å²) in [4.78, 5) is 11.1. The van der Waals surface area contributed by atoms with Gasteiger partial charge in [0.1, 0.15) is 12.7 Å². The van der Waals surface area contributed by atoms with E-state index in [2.05, 4.69) is 4.74 Å². The van der Waals surface area contributed by atoms with E-state index in [-0.39, 0.29) is 6.61 Å². The molecule has 6 nitrogen and oxygen atoms in total. The minimum Gasteiger partial charge on any atom is -0.458 e. The highest BCUT2D eigenvalue weighted by Gasteiger charge is 2.54. The number of esters is 1. The van der Waals surface area contributed by atoms with Gasteiger partial charge in [-0.05, 0) is 22.3 Å². The van der Waals surface area contributed by atoms with Crippen molar-refractivity contribution in [2.24, 2.45) is 0 Å². The molecule has 0 amide bonds. The second kappa shape index (κ2) is 6.75. The molecule has 1 N–H and O–H groups in total. The fraction of sp³-hybridized carbons (Fsp3) is 0.235. The first kappa shape index (κ1) is 18.4. The number of halogens is 2. The molecule has 0 fully saturated rings. The molecule has 0 radical (unpaired) electrons. The van der Waals surface area contributed by atoms with Crippen LogP contribution in [0.1, 0.15) is 17.2 Å². The van der Waals surface area contributed by atoms with Crippen LogP contribution < -0.4 is 0 Å². The predicted octanol–water partition coefficient (Wildman–Crippen LogP) is 2.80. The van der Waals surface area contributed by atoms with Crippen LogP contribution in [-0.4, -0.2) is 37.4 Å². The average molecular weight is 384 g/mol. The Hall–Kier alpha value is -2.36. The van der Waals surface area contributed by atoms with Gasteiger partial charge >= 0.3 is 21.3 Å². The number of benzene rings is 2. The number of carbonyl (C=O) groups is 1. The Morgan fingerprint density at radius 2 is 1.50 bits per heavy atom. The highest BCUT2D eigenvalue weighted by Crippen LogP contribution is 2.44. The second-order valence-corrected chi connectivity index (χ2v) is 7.02. The maximum atomic E-state index is 13.1. The van der Waals surface area contributed by atoms with Crippen molar-refractivity contribution in [2.75, 3.05) is 13.2 Å². The summed E-state index contributed by atoms with van der Waals surface area (Å²) >= 11 is 0. The third-order valence-corrected chi connectivity index (χ3v) is 4.75. The van der Waals surface area contributed by atoms with E-state index in [1.165, 1.54) is 0 Å². The lowest BCUT2D eigenvalue weighted by Crippen LogP contribution is -2.39. The topological polar surface area (TPSA) is 89.9 Å². The van der Waals surface area contributed by atoms with Crippen molar-refractivity contribution in [2.45, 2.75) is 11.4 Å². The van der Waals surface area contributed by atoms with Gasteiger partial charge in [-0.2, -0.15) is 17.2 Å². The molecule has 2 aromatic carbocycles. The van der Waals surface area contributed by atoms with Crippen LogP contribution in [0.4, 0.5) is 8.78 Å². The van der Waals surface area contributed by atoms with Crippen LogP contribution in [0.25, 0.3) is 11.1 Å². The molecule has 0 spiro atoms. The molecule has 0 aliphatic heterocycles. The van der Waals surface area contributed by atoms with Gasteiger partial charge in [0, 0.05) is 0 Å². The van der Waals surface area contributed by atoms with E-state index >= 15 is 0 Å². The van der Waals surface area contributed by atoms with E-state index in [1.54, 1.807) is 0 Å². The summed E-state index contributed by atoms with van der Waals surface area (Å²) in [7, 11) is -5.88. The Bertz CT molecular complexity index is 896. The van der Waals surface area contributed by atoms with E-state index in [9.17, 15) is 22.0 Å². The molecule has 0 saturated heterocycles. The van der Waals surface area contributed by atoms with Crippen molar-refractivity contribution in [1.29, 1.82) is 0 Å². The summed E-state index contributed by atoms with van der Waals surface area (Å²) in [5.41, 5.74) is 3.76. The van der Waals surface area contributed by atoms with Gasteiger partial charge in [0.25, 0.3) is 0 Å². The van der Waals surface area contributed by atoms with Crippen LogP contribution in [0.3, 0.4) is 0 Å². The monoisotopic (exact) mass is 384 g/mol. The van der Waals surface area contributed by atoms with Gasteiger partial charge in [-0.3, -0.25) is 4.55 Å². The van der Waals surface area contributed by atoms with E-state index in [0.29, 0.717) is 0 Å². The minimum atomic E-state index is -5.88. The summed E-state index contributed by atoms with van der Waals surface area (Å²) in [6.07, 6.45) is -0.455. The minimum absolute atomic E-state index is 0.235. The maximum Gasteiger partial charge on any atom is 0.465 e. The summed E-state index contributed by atoms with van der Waals surface area (Å²) in [6.45, 7) is -0.828. The van der Waals surface area contributed by atoms with Gasteiger partial charge in [0.15, 0.2) is 0 Å². The molecule has 1 aliphatic rings. The molecule has 138 valence electrons. The predicted molar refractivity (Wildman–Crippen MR) is 87.1 cm³/mol. The van der Waals surface area contributed by atoms with Gasteiger partial charge in [-0.25, -0.2) is 4.79 Å². The fourth-order valence-corrected chi connectivity index (χ4v) is 3.05. The first-order chi connectivity index (χ1) is 12.2. The Morgan fingerprint density at radius 3 is 2.00 bits per heavy atom. The van der Waals surface area contributed by atoms with Crippen LogP contribution in [0.2, 0.25) is 0 Å². The van der Waals surface area contributed by atoms with Gasteiger partial charge in [0.05, 0.1) is 6.61 Å². The number of fused-ring (bicyclic) bond motifs is 3. The summed E-state index contributed by atoms with van der Waals surface area (Å²) < 4.78 is 65.4. The molecular formula is C17H14F2O6S. The molecule has 0 bridgehead atoms. The van der Waals surface area contributed by atoms with Crippen molar-refractivity contribution in [3.05, 3.63) is 59.7 Å². The molecule has 9 heteroatoms. The summed E-state index contributed by atoms with van der Waals surface area (Å²) in [6, 6.07) is 15.1. The Labute approximate surface area is 148 Å². The maximum absolute atomic E-state index is 13.1. The van der Waals surface area contributed by atoms with Gasteiger partial charge in [0.2, 0.25) is 0 Å². The third kappa shape index (κ3) is 3.20. The molecule has 0 unspecified atom stereocenters. The van der Waals surface area contributed by atoms with Gasteiger partial charge in [-0.1, -0.05) is 48.5 Å². The first-order valence-electron chi connectivity index (χ1n) is 7.55. The summed E-state index contributed by atoms with van der Waals surface area (Å²) in [5.74, 6) is -2.35. The Morgan fingerprint density at radius 1 is 1.00 bits per heavy atom. The molecule has 3 rings (SSSR count). The van der Waals surface area contributed by atoms with E-state index < -0.39 is 34.1 Å². The standard InChI is InChI=1S/C17H14F2O6S/c18-17(19,26(21,22)23)16(20)25-10-9-24-15-13-7-3-1-5-11(13)12-6-2-4-8-14(12)15/h1-8,15H,9-10H2,(H,21,22,23). The molecule has 0 saturated carbocycles. The van der Waals surface area contributed by atoms with Crippen molar-refractivity contribution in [1.82, 2.24) is 0 Å². The third-order valence-electron chi connectivity index (χ3n) is 3.94. The molecule has 0 atom stereocenters. The molecule has 2 aromatic rings. The van der Waals surface area contributed by atoms with Crippen LogP contribution >= 0.6 is 0 Å². The van der Waals surface area contributed by atoms with E-state index in [1.807, 2.05) is 48.5 Å². The van der Waals surface area contributed by atoms with Crippen LogP contribution in [0, 0.1) is 0 Å². The number of hydrogen-bond acceptors (Lipinski definition) is 5. The molecule has 0 heterocycles. The lowest BCUT2D eigenvalue weighted by molar-refractivity contribution is -0.163. The van der Waals surface area contributed by atoms with Crippen molar-refractivity contribution < 1.29 is 36.0 Å². The van der Waals surface area contributed by atoms with E-state index in [4.69, 9.17) is 9.29 Å². The highest BCUT2D eigenvalue weighted by atomic mass is 32.2. The van der Waals surface area contributed by atoms with Crippen molar-refractivity contribution in [3.8, 4) is 11.1 Å². The largest absolute Gasteiger partial charge is 0.465 e. The van der Waals surface area contributed by atoms with Crippen molar-refractivity contribution in [3.63, 3.8) is 0 Å². The quantitative estimate of drug-likeness (QED) is 0.468. The second-order valence-electron chi connectivity index (χ2n) is 5.55. The molecule has 0 aromatic heterocycles. The van der Waals surface area contributed by atoms with Gasteiger partial charge in [-0.15, -0.1) is 0 Å². The number of alkyl halides is 2. The van der Waals surface area contributed by atoms with Gasteiger partial charge < -0.3 is 9.47 Å². The number of ether oxygens (including phenoxy) is 2. The Balaban J connectivity index is 1.65. The SMILES string of the molecule is O=C(OCCOC1c2ccccc2-c2ccccc21)C(F)(F)S(=O)(=O)O.